The molecular weight excluding hydrogens is 226 g/mol. The van der Waals surface area contributed by atoms with Crippen LogP contribution in [0.2, 0.25) is 0 Å². The van der Waals surface area contributed by atoms with Crippen LogP contribution in [0.3, 0.4) is 0 Å². The lowest BCUT2D eigenvalue weighted by Crippen LogP contribution is -2.30. The van der Waals surface area contributed by atoms with E-state index in [1.54, 1.807) is 6.33 Å². The van der Waals surface area contributed by atoms with Gasteiger partial charge in [-0.2, -0.15) is 0 Å². The Labute approximate surface area is 106 Å². The molecule has 1 fully saturated rings. The number of nitrogens with zero attached hydrogens (tertiary/aromatic N) is 2. The first-order chi connectivity index (χ1) is 8.84. The van der Waals surface area contributed by atoms with E-state index in [1.165, 1.54) is 0 Å². The fourth-order valence-electron chi connectivity index (χ4n) is 2.43. The van der Waals surface area contributed by atoms with Crippen LogP contribution in [0.5, 0.6) is 0 Å². The number of fused-ring (bicyclic) bond motifs is 1. The van der Waals surface area contributed by atoms with Gasteiger partial charge in [0.1, 0.15) is 12.1 Å². The predicted molar refractivity (Wildman–Crippen MR) is 71.6 cm³/mol. The fraction of sp³-hybridized carbons (Fsp3) is 0.429. The summed E-state index contributed by atoms with van der Waals surface area (Å²) in [6.07, 6.45) is 4.17. The zero-order valence-electron chi connectivity index (χ0n) is 10.5. The van der Waals surface area contributed by atoms with Gasteiger partial charge < -0.3 is 10.1 Å². The van der Waals surface area contributed by atoms with E-state index in [0.717, 1.165) is 36.2 Å². The van der Waals surface area contributed by atoms with E-state index in [2.05, 4.69) is 22.2 Å². The summed E-state index contributed by atoms with van der Waals surface area (Å²) in [6, 6.07) is 8.31. The van der Waals surface area contributed by atoms with E-state index >= 15 is 0 Å². The molecule has 4 heteroatoms. The maximum absolute atomic E-state index is 5.69. The Kier molecular flexibility index (Phi) is 3.11. The maximum atomic E-state index is 5.69. The SMILES string of the molecule is C[C@H](Nc1ncnc2ccccc12)[C@@H]1CCCO1. The molecule has 0 aliphatic carbocycles. The molecule has 0 radical (unpaired) electrons. The lowest BCUT2D eigenvalue weighted by Gasteiger charge is -2.21. The Hall–Kier alpha value is -1.68. The number of anilines is 1. The highest BCUT2D eigenvalue weighted by Crippen LogP contribution is 2.22. The van der Waals surface area contributed by atoms with Crippen molar-refractivity contribution >= 4 is 16.7 Å². The molecule has 0 saturated carbocycles. The second-order valence-corrected chi connectivity index (χ2v) is 4.72. The number of para-hydroxylation sites is 1. The van der Waals surface area contributed by atoms with Crippen LogP contribution >= 0.6 is 0 Å². The molecule has 1 aliphatic rings. The Morgan fingerprint density at radius 2 is 2.22 bits per heavy atom. The van der Waals surface area contributed by atoms with Crippen molar-refractivity contribution in [2.24, 2.45) is 0 Å². The Balaban J connectivity index is 1.85. The molecule has 1 aromatic carbocycles. The molecule has 0 spiro atoms. The number of aromatic nitrogens is 2. The summed E-state index contributed by atoms with van der Waals surface area (Å²) in [5.74, 6) is 0.892. The quantitative estimate of drug-likeness (QED) is 0.900. The van der Waals surface area contributed by atoms with Crippen molar-refractivity contribution in [3.8, 4) is 0 Å². The summed E-state index contributed by atoms with van der Waals surface area (Å²) in [7, 11) is 0. The predicted octanol–water partition coefficient (Wildman–Crippen LogP) is 2.61. The molecule has 2 atom stereocenters. The van der Waals surface area contributed by atoms with E-state index in [9.17, 15) is 0 Å². The van der Waals surface area contributed by atoms with Crippen molar-refractivity contribution in [1.29, 1.82) is 0 Å². The minimum absolute atomic E-state index is 0.269. The van der Waals surface area contributed by atoms with Gasteiger partial charge in [-0.15, -0.1) is 0 Å². The van der Waals surface area contributed by atoms with Gasteiger partial charge in [0.2, 0.25) is 0 Å². The average molecular weight is 243 g/mol. The lowest BCUT2D eigenvalue weighted by molar-refractivity contribution is 0.0996. The molecular formula is C14H17N3O. The Morgan fingerprint density at radius 3 is 3.06 bits per heavy atom. The molecule has 0 amide bonds. The summed E-state index contributed by atoms with van der Waals surface area (Å²) in [6.45, 7) is 3.02. The summed E-state index contributed by atoms with van der Waals surface area (Å²) < 4.78 is 5.69. The van der Waals surface area contributed by atoms with Crippen LogP contribution in [0.15, 0.2) is 30.6 Å². The van der Waals surface area contributed by atoms with Gasteiger partial charge in [-0.3, -0.25) is 0 Å². The Morgan fingerprint density at radius 1 is 1.33 bits per heavy atom. The highest BCUT2D eigenvalue weighted by Gasteiger charge is 2.22. The minimum atomic E-state index is 0.269. The van der Waals surface area contributed by atoms with Gasteiger partial charge >= 0.3 is 0 Å². The zero-order valence-corrected chi connectivity index (χ0v) is 10.5. The average Bonchev–Trinajstić information content (AvgIpc) is 2.93. The first-order valence-electron chi connectivity index (χ1n) is 6.42. The van der Waals surface area contributed by atoms with Gasteiger partial charge in [0, 0.05) is 12.0 Å². The van der Waals surface area contributed by atoms with Crippen molar-refractivity contribution in [3.63, 3.8) is 0 Å². The number of benzene rings is 1. The van der Waals surface area contributed by atoms with Crippen molar-refractivity contribution < 1.29 is 4.74 Å². The largest absolute Gasteiger partial charge is 0.376 e. The smallest absolute Gasteiger partial charge is 0.137 e. The van der Waals surface area contributed by atoms with Crippen LogP contribution < -0.4 is 5.32 Å². The van der Waals surface area contributed by atoms with Crippen LogP contribution in [0.4, 0.5) is 5.82 Å². The zero-order chi connectivity index (χ0) is 12.4. The first kappa shape index (κ1) is 11.4. The van der Waals surface area contributed by atoms with E-state index < -0.39 is 0 Å². The van der Waals surface area contributed by atoms with Crippen LogP contribution in [-0.2, 0) is 4.74 Å². The summed E-state index contributed by atoms with van der Waals surface area (Å²) in [5, 5.41) is 4.51. The van der Waals surface area contributed by atoms with Crippen molar-refractivity contribution in [2.45, 2.75) is 31.9 Å². The Bertz CT molecular complexity index is 532. The molecule has 1 aromatic heterocycles. The summed E-state index contributed by atoms with van der Waals surface area (Å²) >= 11 is 0. The lowest BCUT2D eigenvalue weighted by atomic mass is 10.1. The molecule has 94 valence electrons. The molecule has 3 rings (SSSR count). The summed E-state index contributed by atoms with van der Waals surface area (Å²) in [4.78, 5) is 8.60. The molecule has 4 nitrogen and oxygen atoms in total. The monoisotopic (exact) mass is 243 g/mol. The molecule has 1 saturated heterocycles. The van der Waals surface area contributed by atoms with Crippen LogP contribution in [0.1, 0.15) is 19.8 Å². The van der Waals surface area contributed by atoms with Crippen LogP contribution in [-0.4, -0.2) is 28.7 Å². The van der Waals surface area contributed by atoms with Crippen molar-refractivity contribution in [1.82, 2.24) is 9.97 Å². The van der Waals surface area contributed by atoms with Gasteiger partial charge in [-0.25, -0.2) is 9.97 Å². The third-order valence-corrected chi connectivity index (χ3v) is 3.43. The topological polar surface area (TPSA) is 47.0 Å². The molecule has 0 bridgehead atoms. The van der Waals surface area contributed by atoms with E-state index in [0.29, 0.717) is 6.10 Å². The third-order valence-electron chi connectivity index (χ3n) is 3.43. The molecule has 2 heterocycles. The normalized spacial score (nSPS) is 21.1. The molecule has 1 aliphatic heterocycles. The fourth-order valence-corrected chi connectivity index (χ4v) is 2.43. The second-order valence-electron chi connectivity index (χ2n) is 4.72. The first-order valence-corrected chi connectivity index (χ1v) is 6.42. The number of hydrogen-bond donors (Lipinski definition) is 1. The number of hydrogen-bond acceptors (Lipinski definition) is 4. The molecule has 0 unspecified atom stereocenters. The molecule has 2 aromatic rings. The summed E-state index contributed by atoms with van der Waals surface area (Å²) in [5.41, 5.74) is 0.967. The van der Waals surface area contributed by atoms with E-state index in [4.69, 9.17) is 4.74 Å². The minimum Gasteiger partial charge on any atom is -0.376 e. The van der Waals surface area contributed by atoms with Gasteiger partial charge in [-0.05, 0) is 31.9 Å². The van der Waals surface area contributed by atoms with Crippen molar-refractivity contribution in [3.05, 3.63) is 30.6 Å². The van der Waals surface area contributed by atoms with Gasteiger partial charge in [0.05, 0.1) is 17.7 Å². The standard InChI is InChI=1S/C14H17N3O/c1-10(13-7-4-8-18-13)17-14-11-5-2-3-6-12(11)15-9-16-14/h2-3,5-6,9-10,13H,4,7-8H2,1H3,(H,15,16,17)/t10-,13-/m0/s1. The van der Waals surface area contributed by atoms with E-state index in [-0.39, 0.29) is 6.04 Å². The van der Waals surface area contributed by atoms with Crippen LogP contribution in [0, 0.1) is 0 Å². The molecule has 1 N–H and O–H groups in total. The second kappa shape index (κ2) is 4.90. The number of nitrogens with one attached hydrogen (secondary N) is 1. The van der Waals surface area contributed by atoms with Gasteiger partial charge in [0.25, 0.3) is 0 Å². The third kappa shape index (κ3) is 2.16. The highest BCUT2D eigenvalue weighted by atomic mass is 16.5. The number of ether oxygens (including phenoxy) is 1. The van der Waals surface area contributed by atoms with Crippen LogP contribution in [0.25, 0.3) is 10.9 Å². The highest BCUT2D eigenvalue weighted by molar-refractivity contribution is 5.88. The maximum Gasteiger partial charge on any atom is 0.137 e. The van der Waals surface area contributed by atoms with E-state index in [1.807, 2.05) is 24.3 Å². The molecule has 18 heavy (non-hydrogen) atoms. The number of rotatable bonds is 3. The van der Waals surface area contributed by atoms with Crippen molar-refractivity contribution in [2.75, 3.05) is 11.9 Å². The van der Waals surface area contributed by atoms with Gasteiger partial charge in [-0.1, -0.05) is 12.1 Å². The van der Waals surface area contributed by atoms with Gasteiger partial charge in [0.15, 0.2) is 0 Å².